The molecule has 2 aromatic rings. The fourth-order valence-electron chi connectivity index (χ4n) is 2.46. The Bertz CT molecular complexity index is 518. The Kier molecular flexibility index (Phi) is 3.15. The van der Waals surface area contributed by atoms with E-state index in [1.54, 1.807) is 6.33 Å². The predicted molar refractivity (Wildman–Crippen MR) is 70.6 cm³/mol. The Labute approximate surface area is 106 Å². The molecule has 1 aliphatic rings. The van der Waals surface area contributed by atoms with Crippen LogP contribution in [0.3, 0.4) is 0 Å². The molecule has 5 heteroatoms. The van der Waals surface area contributed by atoms with Crippen LogP contribution in [-0.4, -0.2) is 33.7 Å². The van der Waals surface area contributed by atoms with Crippen LogP contribution in [0.25, 0.3) is 11.0 Å². The van der Waals surface area contributed by atoms with Crippen LogP contribution in [0.15, 0.2) is 18.6 Å². The molecule has 96 valence electrons. The van der Waals surface area contributed by atoms with Gasteiger partial charge in [0.25, 0.3) is 0 Å². The lowest BCUT2D eigenvalue weighted by atomic mass is 10.0. The van der Waals surface area contributed by atoms with Crippen LogP contribution in [-0.2, 0) is 4.74 Å². The van der Waals surface area contributed by atoms with Crippen LogP contribution in [0.5, 0.6) is 0 Å². The third kappa shape index (κ3) is 2.18. The van der Waals surface area contributed by atoms with E-state index < -0.39 is 0 Å². The number of nitrogens with zero attached hydrogens (tertiary/aromatic N) is 2. The zero-order chi connectivity index (χ0) is 12.4. The van der Waals surface area contributed by atoms with Gasteiger partial charge in [-0.1, -0.05) is 0 Å². The van der Waals surface area contributed by atoms with E-state index in [1.807, 2.05) is 12.3 Å². The Hall–Kier alpha value is -1.62. The molecule has 0 aromatic carbocycles. The molecule has 18 heavy (non-hydrogen) atoms. The van der Waals surface area contributed by atoms with Crippen molar-refractivity contribution in [3.8, 4) is 0 Å². The van der Waals surface area contributed by atoms with E-state index in [0.29, 0.717) is 0 Å². The average Bonchev–Trinajstić information content (AvgIpc) is 2.89. The molecule has 0 radical (unpaired) electrons. The highest BCUT2D eigenvalue weighted by molar-refractivity contribution is 5.86. The van der Waals surface area contributed by atoms with Gasteiger partial charge in [-0.2, -0.15) is 0 Å². The molecule has 3 rings (SSSR count). The van der Waals surface area contributed by atoms with E-state index in [1.165, 1.54) is 12.8 Å². The van der Waals surface area contributed by atoms with Gasteiger partial charge in [-0.3, -0.25) is 0 Å². The summed E-state index contributed by atoms with van der Waals surface area (Å²) in [5.74, 6) is 0.878. The quantitative estimate of drug-likeness (QED) is 0.872. The molecule has 2 N–H and O–H groups in total. The van der Waals surface area contributed by atoms with Crippen molar-refractivity contribution in [1.29, 1.82) is 0 Å². The van der Waals surface area contributed by atoms with Crippen molar-refractivity contribution >= 4 is 16.9 Å². The number of hydrogen-bond acceptors (Lipinski definition) is 4. The first-order valence-corrected chi connectivity index (χ1v) is 6.51. The number of ether oxygens (including phenoxy) is 1. The summed E-state index contributed by atoms with van der Waals surface area (Å²) in [6, 6.07) is 2.25. The summed E-state index contributed by atoms with van der Waals surface area (Å²) in [5.41, 5.74) is 0.865. The molecule has 2 atom stereocenters. The molecular formula is C13H18N4O. The summed E-state index contributed by atoms with van der Waals surface area (Å²) in [4.78, 5) is 11.6. The molecule has 0 aliphatic carbocycles. The SMILES string of the molecule is C[C@@H](Nc1ncnc2[nH]ccc12)[C@@H]1CCCCO1. The predicted octanol–water partition coefficient (Wildman–Crippen LogP) is 2.33. The third-order valence-corrected chi connectivity index (χ3v) is 3.49. The van der Waals surface area contributed by atoms with Crippen molar-refractivity contribution in [2.24, 2.45) is 0 Å². The molecule has 2 aromatic heterocycles. The zero-order valence-electron chi connectivity index (χ0n) is 10.5. The molecule has 0 unspecified atom stereocenters. The van der Waals surface area contributed by atoms with Crippen molar-refractivity contribution in [2.45, 2.75) is 38.3 Å². The lowest BCUT2D eigenvalue weighted by molar-refractivity contribution is 0.00782. The highest BCUT2D eigenvalue weighted by atomic mass is 16.5. The minimum absolute atomic E-state index is 0.262. The minimum Gasteiger partial charge on any atom is -0.376 e. The van der Waals surface area contributed by atoms with Crippen LogP contribution in [0.4, 0.5) is 5.82 Å². The summed E-state index contributed by atoms with van der Waals surface area (Å²) >= 11 is 0. The van der Waals surface area contributed by atoms with E-state index in [-0.39, 0.29) is 12.1 Å². The number of aromatic nitrogens is 3. The highest BCUT2D eigenvalue weighted by Crippen LogP contribution is 2.22. The summed E-state index contributed by atoms with van der Waals surface area (Å²) in [6.45, 7) is 3.02. The van der Waals surface area contributed by atoms with Crippen molar-refractivity contribution < 1.29 is 4.74 Å². The molecule has 1 fully saturated rings. The van der Waals surface area contributed by atoms with Crippen LogP contribution >= 0.6 is 0 Å². The van der Waals surface area contributed by atoms with Crippen molar-refractivity contribution in [2.75, 3.05) is 11.9 Å². The van der Waals surface area contributed by atoms with Gasteiger partial charge in [0.1, 0.15) is 17.8 Å². The number of hydrogen-bond donors (Lipinski definition) is 2. The minimum atomic E-state index is 0.262. The highest BCUT2D eigenvalue weighted by Gasteiger charge is 2.21. The molecule has 3 heterocycles. The molecule has 1 saturated heterocycles. The standard InChI is InChI=1S/C13H18N4O/c1-9(11-4-2-3-7-18-11)17-13-10-5-6-14-12(10)15-8-16-13/h5-6,8-9,11H,2-4,7H2,1H3,(H2,14,15,16,17)/t9-,11+/m1/s1. The maximum atomic E-state index is 5.79. The fourth-order valence-corrected chi connectivity index (χ4v) is 2.46. The number of anilines is 1. The van der Waals surface area contributed by atoms with Gasteiger partial charge in [0.05, 0.1) is 17.5 Å². The van der Waals surface area contributed by atoms with Crippen LogP contribution < -0.4 is 5.32 Å². The van der Waals surface area contributed by atoms with Gasteiger partial charge in [-0.05, 0) is 32.3 Å². The van der Waals surface area contributed by atoms with Crippen LogP contribution in [0.2, 0.25) is 0 Å². The number of H-pyrrole nitrogens is 1. The molecule has 5 nitrogen and oxygen atoms in total. The fraction of sp³-hybridized carbons (Fsp3) is 0.538. The molecular weight excluding hydrogens is 228 g/mol. The summed E-state index contributed by atoms with van der Waals surface area (Å²) in [6.07, 6.45) is 7.29. The van der Waals surface area contributed by atoms with Gasteiger partial charge in [-0.25, -0.2) is 9.97 Å². The van der Waals surface area contributed by atoms with E-state index in [2.05, 4.69) is 27.2 Å². The Morgan fingerprint density at radius 3 is 3.22 bits per heavy atom. The van der Waals surface area contributed by atoms with Crippen LogP contribution in [0, 0.1) is 0 Å². The van der Waals surface area contributed by atoms with Crippen LogP contribution in [0.1, 0.15) is 26.2 Å². The molecule has 0 bridgehead atoms. The van der Waals surface area contributed by atoms with E-state index in [9.17, 15) is 0 Å². The lowest BCUT2D eigenvalue weighted by Gasteiger charge is -2.29. The Morgan fingerprint density at radius 2 is 2.39 bits per heavy atom. The number of fused-ring (bicyclic) bond motifs is 1. The van der Waals surface area contributed by atoms with Gasteiger partial charge in [0.15, 0.2) is 0 Å². The van der Waals surface area contributed by atoms with Crippen molar-refractivity contribution in [3.05, 3.63) is 18.6 Å². The first-order valence-electron chi connectivity index (χ1n) is 6.51. The van der Waals surface area contributed by atoms with Gasteiger partial charge < -0.3 is 15.0 Å². The smallest absolute Gasteiger partial charge is 0.142 e. The monoisotopic (exact) mass is 246 g/mol. The lowest BCUT2D eigenvalue weighted by Crippen LogP contribution is -2.35. The van der Waals surface area contributed by atoms with Crippen molar-refractivity contribution in [3.63, 3.8) is 0 Å². The normalized spacial score (nSPS) is 21.9. The second-order valence-electron chi connectivity index (χ2n) is 4.80. The van der Waals surface area contributed by atoms with Gasteiger partial charge in [0.2, 0.25) is 0 Å². The second kappa shape index (κ2) is 4.94. The van der Waals surface area contributed by atoms with Gasteiger partial charge in [0, 0.05) is 12.8 Å². The molecule has 1 aliphatic heterocycles. The summed E-state index contributed by atoms with van der Waals surface area (Å²) in [5, 5.41) is 4.47. The van der Waals surface area contributed by atoms with Crippen molar-refractivity contribution in [1.82, 2.24) is 15.0 Å². The van der Waals surface area contributed by atoms with E-state index in [0.717, 1.165) is 29.9 Å². The molecule has 0 saturated carbocycles. The maximum Gasteiger partial charge on any atom is 0.142 e. The van der Waals surface area contributed by atoms with E-state index >= 15 is 0 Å². The number of aromatic amines is 1. The topological polar surface area (TPSA) is 62.8 Å². The Balaban J connectivity index is 1.77. The molecule has 0 spiro atoms. The van der Waals surface area contributed by atoms with Gasteiger partial charge >= 0.3 is 0 Å². The third-order valence-electron chi connectivity index (χ3n) is 3.49. The maximum absolute atomic E-state index is 5.79. The number of nitrogens with one attached hydrogen (secondary N) is 2. The Morgan fingerprint density at radius 1 is 1.44 bits per heavy atom. The average molecular weight is 246 g/mol. The summed E-state index contributed by atoms with van der Waals surface area (Å²) in [7, 11) is 0. The largest absolute Gasteiger partial charge is 0.376 e. The summed E-state index contributed by atoms with van der Waals surface area (Å²) < 4.78 is 5.79. The zero-order valence-corrected chi connectivity index (χ0v) is 10.5. The van der Waals surface area contributed by atoms with E-state index in [4.69, 9.17) is 4.74 Å². The second-order valence-corrected chi connectivity index (χ2v) is 4.80. The first-order chi connectivity index (χ1) is 8.84. The van der Waals surface area contributed by atoms with Gasteiger partial charge in [-0.15, -0.1) is 0 Å². The first kappa shape index (κ1) is 11.5. The number of rotatable bonds is 3. The molecule has 0 amide bonds.